The van der Waals surface area contributed by atoms with E-state index in [-0.39, 0.29) is 5.92 Å². The van der Waals surface area contributed by atoms with Crippen LogP contribution in [0.5, 0.6) is 0 Å². The van der Waals surface area contributed by atoms with Gasteiger partial charge in [-0.1, -0.05) is 36.8 Å². The van der Waals surface area contributed by atoms with Crippen LogP contribution >= 0.6 is 0 Å². The van der Waals surface area contributed by atoms with Crippen LogP contribution in [0.1, 0.15) is 30.9 Å². The molecule has 1 rings (SSSR count). The molecule has 1 aromatic carbocycles. The Morgan fingerprint density at radius 3 is 2.47 bits per heavy atom. The molecule has 0 spiro atoms. The van der Waals surface area contributed by atoms with Crippen LogP contribution in [0.3, 0.4) is 0 Å². The van der Waals surface area contributed by atoms with Gasteiger partial charge in [-0.15, -0.1) is 0 Å². The summed E-state index contributed by atoms with van der Waals surface area (Å²) in [5.41, 5.74) is 2.55. The smallest absolute Gasteiger partial charge is 0.306 e. The van der Waals surface area contributed by atoms with Crippen molar-refractivity contribution in [3.8, 4) is 0 Å². The first-order chi connectivity index (χ1) is 7.09. The first kappa shape index (κ1) is 11.8. The average Bonchev–Trinajstić information content (AvgIpc) is 2.20. The van der Waals surface area contributed by atoms with E-state index >= 15 is 0 Å². The molecule has 0 unspecified atom stereocenters. The van der Waals surface area contributed by atoms with Gasteiger partial charge < -0.3 is 5.11 Å². The fourth-order valence-corrected chi connectivity index (χ4v) is 1.49. The zero-order chi connectivity index (χ0) is 11.3. The van der Waals surface area contributed by atoms with Crippen LogP contribution in [0.15, 0.2) is 24.3 Å². The molecule has 1 atom stereocenters. The molecule has 0 aliphatic rings. The highest BCUT2D eigenvalue weighted by atomic mass is 16.4. The van der Waals surface area contributed by atoms with Gasteiger partial charge in [0.2, 0.25) is 0 Å². The molecule has 0 amide bonds. The lowest BCUT2D eigenvalue weighted by Crippen LogP contribution is -2.09. The van der Waals surface area contributed by atoms with Crippen molar-refractivity contribution < 1.29 is 9.90 Å². The van der Waals surface area contributed by atoms with Gasteiger partial charge in [-0.3, -0.25) is 4.79 Å². The highest BCUT2D eigenvalue weighted by molar-refractivity contribution is 5.69. The van der Waals surface area contributed by atoms with Gasteiger partial charge in [0.25, 0.3) is 0 Å². The molecule has 0 saturated heterocycles. The average molecular weight is 206 g/mol. The second-order valence-corrected chi connectivity index (χ2v) is 4.12. The van der Waals surface area contributed by atoms with Crippen LogP contribution in [0, 0.1) is 12.8 Å². The van der Waals surface area contributed by atoms with Gasteiger partial charge in [0.05, 0.1) is 5.92 Å². The number of carboxylic acid groups (broad SMARTS) is 1. The molecular formula is C13H18O2. The maximum Gasteiger partial charge on any atom is 0.306 e. The highest BCUT2D eigenvalue weighted by Crippen LogP contribution is 2.11. The normalized spacial score (nSPS) is 12.4. The summed E-state index contributed by atoms with van der Waals surface area (Å²) in [7, 11) is 0. The summed E-state index contributed by atoms with van der Waals surface area (Å²) in [6, 6.07) is 8.41. The van der Waals surface area contributed by atoms with Crippen molar-refractivity contribution in [2.24, 2.45) is 5.92 Å². The highest BCUT2D eigenvalue weighted by Gasteiger charge is 2.09. The zero-order valence-electron chi connectivity index (χ0n) is 9.36. The van der Waals surface area contributed by atoms with Crippen molar-refractivity contribution in [1.82, 2.24) is 0 Å². The topological polar surface area (TPSA) is 37.3 Å². The number of benzene rings is 1. The molecule has 1 aromatic rings. The molecular weight excluding hydrogens is 188 g/mol. The Hall–Kier alpha value is -1.31. The summed E-state index contributed by atoms with van der Waals surface area (Å²) >= 11 is 0. The molecule has 0 heterocycles. The summed E-state index contributed by atoms with van der Waals surface area (Å²) in [5.74, 6) is -0.922. The van der Waals surface area contributed by atoms with Crippen LogP contribution in [0.25, 0.3) is 0 Å². The maximum atomic E-state index is 10.6. The molecule has 1 N–H and O–H groups in total. The third kappa shape index (κ3) is 4.15. The van der Waals surface area contributed by atoms with Crippen LogP contribution in [-0.4, -0.2) is 11.1 Å². The molecule has 0 fully saturated rings. The number of aliphatic carboxylic acids is 1. The standard InChI is InChI=1S/C13H18O2/c1-10-6-8-12(9-7-10)5-3-4-11(2)13(14)15/h6-9,11H,3-5H2,1-2H3,(H,14,15)/t11-/m1/s1. The predicted molar refractivity (Wildman–Crippen MR) is 60.9 cm³/mol. The number of hydrogen-bond donors (Lipinski definition) is 1. The second kappa shape index (κ2) is 5.54. The summed E-state index contributed by atoms with van der Waals surface area (Å²) in [5, 5.41) is 8.72. The van der Waals surface area contributed by atoms with Gasteiger partial charge in [0, 0.05) is 0 Å². The number of rotatable bonds is 5. The Balaban J connectivity index is 2.32. The van der Waals surface area contributed by atoms with E-state index in [2.05, 4.69) is 31.2 Å². The van der Waals surface area contributed by atoms with Gasteiger partial charge in [0.15, 0.2) is 0 Å². The molecule has 82 valence electrons. The van der Waals surface area contributed by atoms with Crippen LogP contribution < -0.4 is 0 Å². The van der Waals surface area contributed by atoms with Gasteiger partial charge in [-0.25, -0.2) is 0 Å². The fraction of sp³-hybridized carbons (Fsp3) is 0.462. The Kier molecular flexibility index (Phi) is 4.35. The quantitative estimate of drug-likeness (QED) is 0.804. The van der Waals surface area contributed by atoms with Gasteiger partial charge in [-0.2, -0.15) is 0 Å². The van der Waals surface area contributed by atoms with Crippen molar-refractivity contribution in [3.05, 3.63) is 35.4 Å². The number of carboxylic acids is 1. The van der Waals surface area contributed by atoms with Crippen molar-refractivity contribution in [2.45, 2.75) is 33.1 Å². The number of hydrogen-bond acceptors (Lipinski definition) is 1. The predicted octanol–water partition coefficient (Wildman–Crippen LogP) is 3.04. The van der Waals surface area contributed by atoms with Gasteiger partial charge in [0.1, 0.15) is 0 Å². The fourth-order valence-electron chi connectivity index (χ4n) is 1.49. The van der Waals surface area contributed by atoms with E-state index in [0.29, 0.717) is 0 Å². The van der Waals surface area contributed by atoms with Crippen LogP contribution in [0.2, 0.25) is 0 Å². The zero-order valence-corrected chi connectivity index (χ0v) is 9.36. The Labute approximate surface area is 90.9 Å². The van der Waals surface area contributed by atoms with Crippen molar-refractivity contribution in [1.29, 1.82) is 0 Å². The first-order valence-corrected chi connectivity index (χ1v) is 5.38. The molecule has 0 aromatic heterocycles. The Bertz CT molecular complexity index is 314. The summed E-state index contributed by atoms with van der Waals surface area (Å²) in [6.45, 7) is 3.83. The lowest BCUT2D eigenvalue weighted by molar-refractivity contribution is -0.141. The van der Waals surface area contributed by atoms with E-state index in [1.165, 1.54) is 11.1 Å². The van der Waals surface area contributed by atoms with Crippen LogP contribution in [0.4, 0.5) is 0 Å². The SMILES string of the molecule is Cc1ccc(CCC[C@@H](C)C(=O)O)cc1. The molecule has 2 heteroatoms. The number of aryl methyl sites for hydroxylation is 2. The van der Waals surface area contributed by atoms with E-state index in [9.17, 15) is 4.79 Å². The first-order valence-electron chi connectivity index (χ1n) is 5.38. The summed E-state index contributed by atoms with van der Waals surface area (Å²) < 4.78 is 0. The van der Waals surface area contributed by atoms with Crippen molar-refractivity contribution in [3.63, 3.8) is 0 Å². The minimum Gasteiger partial charge on any atom is -0.481 e. The monoisotopic (exact) mass is 206 g/mol. The van der Waals surface area contributed by atoms with Crippen molar-refractivity contribution in [2.75, 3.05) is 0 Å². The van der Waals surface area contributed by atoms with E-state index in [1.807, 2.05) is 0 Å². The van der Waals surface area contributed by atoms with Gasteiger partial charge in [-0.05, 0) is 31.7 Å². The van der Waals surface area contributed by atoms with Gasteiger partial charge >= 0.3 is 5.97 Å². The van der Waals surface area contributed by atoms with E-state index in [1.54, 1.807) is 6.92 Å². The number of carbonyl (C=O) groups is 1. The molecule has 0 aliphatic heterocycles. The van der Waals surface area contributed by atoms with E-state index in [4.69, 9.17) is 5.11 Å². The minimum atomic E-state index is -0.695. The lowest BCUT2D eigenvalue weighted by atomic mass is 10.0. The molecule has 0 saturated carbocycles. The lowest BCUT2D eigenvalue weighted by Gasteiger charge is -2.05. The maximum absolute atomic E-state index is 10.6. The third-order valence-electron chi connectivity index (χ3n) is 2.64. The van der Waals surface area contributed by atoms with Crippen molar-refractivity contribution >= 4 is 5.97 Å². The largest absolute Gasteiger partial charge is 0.481 e. The molecule has 0 aliphatic carbocycles. The Morgan fingerprint density at radius 1 is 1.33 bits per heavy atom. The van der Waals surface area contributed by atoms with E-state index < -0.39 is 5.97 Å². The summed E-state index contributed by atoms with van der Waals surface area (Å²) in [6.07, 6.45) is 2.66. The van der Waals surface area contributed by atoms with E-state index in [0.717, 1.165) is 19.3 Å². The van der Waals surface area contributed by atoms with Crippen LogP contribution in [-0.2, 0) is 11.2 Å². The second-order valence-electron chi connectivity index (χ2n) is 4.12. The molecule has 15 heavy (non-hydrogen) atoms. The summed E-state index contributed by atoms with van der Waals surface area (Å²) in [4.78, 5) is 10.6. The minimum absolute atomic E-state index is 0.226. The third-order valence-corrected chi connectivity index (χ3v) is 2.64. The molecule has 2 nitrogen and oxygen atoms in total. The molecule has 0 radical (unpaired) electrons. The molecule has 0 bridgehead atoms. The Morgan fingerprint density at radius 2 is 1.93 bits per heavy atom.